The Morgan fingerprint density at radius 3 is 2.62 bits per heavy atom. The predicted octanol–water partition coefficient (Wildman–Crippen LogP) is 4.25. The molecule has 0 spiro atoms. The lowest BCUT2D eigenvalue weighted by molar-refractivity contribution is -0.115. The lowest BCUT2D eigenvalue weighted by Crippen LogP contribution is -2.19. The first-order valence-corrected chi connectivity index (χ1v) is 12.3. The number of carbonyl (C=O) groups is 1. The standard InChI is InChI=1S/C25H23N3O3S/c1-16-10-11-23(17(2)12-16)28-25(21-14-32(30,31)15-22(21)27-28)26-24(29)13-19-8-5-7-18-6-3-4-9-20(18)19/h3-12H,13-15H2,1-2H3,(H,26,29). The normalized spacial score (nSPS) is 14.4. The minimum Gasteiger partial charge on any atom is -0.310 e. The first-order chi connectivity index (χ1) is 15.3. The van der Waals surface area contributed by atoms with Crippen LogP contribution in [0.1, 0.15) is 27.9 Å². The molecule has 0 bridgehead atoms. The number of aromatic nitrogens is 2. The molecular weight excluding hydrogens is 422 g/mol. The van der Waals surface area contributed by atoms with Crippen molar-refractivity contribution in [2.45, 2.75) is 31.8 Å². The SMILES string of the molecule is Cc1ccc(-n2nc3c(c2NC(=O)Cc2cccc4ccccc24)CS(=O)(=O)C3)c(C)c1. The molecule has 32 heavy (non-hydrogen) atoms. The van der Waals surface area contributed by atoms with Crippen molar-refractivity contribution in [3.63, 3.8) is 0 Å². The van der Waals surface area contributed by atoms with E-state index in [1.807, 2.05) is 74.5 Å². The summed E-state index contributed by atoms with van der Waals surface area (Å²) in [5.74, 6) is 0.0152. The molecule has 0 unspecified atom stereocenters. The van der Waals surface area contributed by atoms with Gasteiger partial charge in [-0.2, -0.15) is 5.10 Å². The van der Waals surface area contributed by atoms with Crippen LogP contribution in [0, 0.1) is 13.8 Å². The van der Waals surface area contributed by atoms with Crippen molar-refractivity contribution in [1.29, 1.82) is 0 Å². The summed E-state index contributed by atoms with van der Waals surface area (Å²) in [7, 11) is -3.25. The molecule has 1 aliphatic rings. The number of nitrogens with one attached hydrogen (secondary N) is 1. The van der Waals surface area contributed by atoms with Crippen molar-refractivity contribution < 1.29 is 13.2 Å². The van der Waals surface area contributed by atoms with Crippen LogP contribution in [0.25, 0.3) is 16.5 Å². The average molecular weight is 446 g/mol. The Labute approximate surface area is 186 Å². The lowest BCUT2D eigenvalue weighted by atomic mass is 10.0. The predicted molar refractivity (Wildman–Crippen MR) is 126 cm³/mol. The summed E-state index contributed by atoms with van der Waals surface area (Å²) in [6, 6.07) is 19.8. The van der Waals surface area contributed by atoms with Gasteiger partial charge >= 0.3 is 0 Å². The molecule has 4 aromatic rings. The molecule has 0 fully saturated rings. The highest BCUT2D eigenvalue weighted by Gasteiger charge is 2.33. The Morgan fingerprint density at radius 1 is 1.03 bits per heavy atom. The number of aryl methyl sites for hydroxylation is 2. The molecule has 0 atom stereocenters. The fourth-order valence-electron chi connectivity index (χ4n) is 4.38. The lowest BCUT2D eigenvalue weighted by Gasteiger charge is -2.14. The van der Waals surface area contributed by atoms with Crippen LogP contribution < -0.4 is 5.32 Å². The van der Waals surface area contributed by atoms with E-state index in [0.29, 0.717) is 17.1 Å². The van der Waals surface area contributed by atoms with Gasteiger partial charge in [0.15, 0.2) is 9.84 Å². The summed E-state index contributed by atoms with van der Waals surface area (Å²) >= 11 is 0. The first kappa shape index (κ1) is 20.5. The quantitative estimate of drug-likeness (QED) is 0.509. The van der Waals surface area contributed by atoms with Crippen LogP contribution in [0.15, 0.2) is 60.7 Å². The van der Waals surface area contributed by atoms with Gasteiger partial charge in [0.1, 0.15) is 5.82 Å². The van der Waals surface area contributed by atoms with Crippen molar-refractivity contribution in [3.8, 4) is 5.69 Å². The summed E-state index contributed by atoms with van der Waals surface area (Å²) in [5, 5.41) is 9.66. The van der Waals surface area contributed by atoms with Crippen LogP contribution in [0.2, 0.25) is 0 Å². The first-order valence-electron chi connectivity index (χ1n) is 10.5. The number of hydrogen-bond donors (Lipinski definition) is 1. The Kier molecular flexibility index (Phi) is 4.86. The fourth-order valence-corrected chi connectivity index (χ4v) is 5.88. The van der Waals surface area contributed by atoms with Crippen LogP contribution in [0.5, 0.6) is 0 Å². The van der Waals surface area contributed by atoms with E-state index >= 15 is 0 Å². The third-order valence-corrected chi connectivity index (χ3v) is 7.30. The molecule has 2 heterocycles. The second-order valence-electron chi connectivity index (χ2n) is 8.37. The number of hydrogen-bond acceptors (Lipinski definition) is 4. The highest BCUT2D eigenvalue weighted by Crippen LogP contribution is 2.34. The number of fused-ring (bicyclic) bond motifs is 2. The molecule has 6 nitrogen and oxygen atoms in total. The van der Waals surface area contributed by atoms with E-state index in [2.05, 4.69) is 10.4 Å². The number of rotatable bonds is 4. The summed E-state index contributed by atoms with van der Waals surface area (Å²) < 4.78 is 26.1. The van der Waals surface area contributed by atoms with Crippen molar-refractivity contribution in [2.24, 2.45) is 0 Å². The van der Waals surface area contributed by atoms with Gasteiger partial charge in [-0.25, -0.2) is 13.1 Å². The zero-order valence-electron chi connectivity index (χ0n) is 17.9. The van der Waals surface area contributed by atoms with Crippen LogP contribution >= 0.6 is 0 Å². The van der Waals surface area contributed by atoms with Gasteiger partial charge in [0.2, 0.25) is 5.91 Å². The van der Waals surface area contributed by atoms with Crippen LogP contribution in [-0.2, 0) is 32.6 Å². The number of sulfone groups is 1. The Bertz CT molecular complexity index is 1480. The van der Waals surface area contributed by atoms with E-state index in [9.17, 15) is 13.2 Å². The third-order valence-electron chi connectivity index (χ3n) is 5.86. The van der Waals surface area contributed by atoms with E-state index in [1.54, 1.807) is 4.68 Å². The fraction of sp³-hybridized carbons (Fsp3) is 0.200. The Morgan fingerprint density at radius 2 is 1.81 bits per heavy atom. The third kappa shape index (κ3) is 3.69. The zero-order valence-corrected chi connectivity index (χ0v) is 18.7. The molecule has 162 valence electrons. The van der Waals surface area contributed by atoms with Gasteiger partial charge in [0, 0.05) is 5.56 Å². The molecule has 1 N–H and O–H groups in total. The highest BCUT2D eigenvalue weighted by atomic mass is 32.2. The molecule has 0 saturated carbocycles. The van der Waals surface area contributed by atoms with E-state index in [1.165, 1.54) is 0 Å². The minimum absolute atomic E-state index is 0.105. The summed E-state index contributed by atoms with van der Waals surface area (Å²) in [6.45, 7) is 3.99. The second kappa shape index (κ2) is 7.60. The molecule has 5 rings (SSSR count). The number of carbonyl (C=O) groups excluding carboxylic acids is 1. The molecule has 1 aromatic heterocycles. The van der Waals surface area contributed by atoms with Gasteiger partial charge in [0.25, 0.3) is 0 Å². The number of amides is 1. The molecule has 0 aliphatic carbocycles. The van der Waals surface area contributed by atoms with Crippen molar-refractivity contribution in [2.75, 3.05) is 5.32 Å². The summed E-state index contributed by atoms with van der Waals surface area (Å²) in [6.07, 6.45) is 0.181. The monoisotopic (exact) mass is 445 g/mol. The molecule has 7 heteroatoms. The number of benzene rings is 3. The zero-order chi connectivity index (χ0) is 22.5. The van der Waals surface area contributed by atoms with Gasteiger partial charge in [-0.15, -0.1) is 0 Å². The van der Waals surface area contributed by atoms with Crippen LogP contribution in [-0.4, -0.2) is 24.1 Å². The summed E-state index contributed by atoms with van der Waals surface area (Å²) in [5.41, 5.74) is 4.95. The minimum atomic E-state index is -3.25. The van der Waals surface area contributed by atoms with Crippen molar-refractivity contribution in [3.05, 3.63) is 88.6 Å². The Hall–Kier alpha value is -3.45. The maximum atomic E-state index is 13.1. The molecular formula is C25H23N3O3S. The largest absolute Gasteiger partial charge is 0.310 e. The van der Waals surface area contributed by atoms with Crippen molar-refractivity contribution in [1.82, 2.24) is 9.78 Å². The smallest absolute Gasteiger partial charge is 0.229 e. The topological polar surface area (TPSA) is 81.1 Å². The maximum absolute atomic E-state index is 13.1. The molecule has 1 amide bonds. The highest BCUT2D eigenvalue weighted by molar-refractivity contribution is 7.90. The summed E-state index contributed by atoms with van der Waals surface area (Å²) in [4.78, 5) is 13.1. The van der Waals surface area contributed by atoms with Crippen LogP contribution in [0.4, 0.5) is 5.82 Å². The average Bonchev–Trinajstić information content (AvgIpc) is 3.20. The Balaban J connectivity index is 1.53. The molecule has 0 saturated heterocycles. The van der Waals surface area contributed by atoms with Gasteiger partial charge in [-0.3, -0.25) is 4.79 Å². The van der Waals surface area contributed by atoms with Gasteiger partial charge < -0.3 is 5.32 Å². The maximum Gasteiger partial charge on any atom is 0.229 e. The van der Waals surface area contributed by atoms with Crippen molar-refractivity contribution >= 4 is 32.3 Å². The van der Waals surface area contributed by atoms with Gasteiger partial charge in [0.05, 0.1) is 29.3 Å². The van der Waals surface area contributed by atoms with E-state index in [4.69, 9.17) is 0 Å². The molecule has 3 aromatic carbocycles. The molecule has 0 radical (unpaired) electrons. The van der Waals surface area contributed by atoms with Gasteiger partial charge in [-0.05, 0) is 41.8 Å². The second-order valence-corrected chi connectivity index (χ2v) is 10.4. The van der Waals surface area contributed by atoms with E-state index in [-0.39, 0.29) is 23.8 Å². The number of anilines is 1. The van der Waals surface area contributed by atoms with E-state index < -0.39 is 9.84 Å². The molecule has 1 aliphatic heterocycles. The van der Waals surface area contributed by atoms with E-state index in [0.717, 1.165) is 33.2 Å². The van der Waals surface area contributed by atoms with Gasteiger partial charge in [-0.1, -0.05) is 60.2 Å². The van der Waals surface area contributed by atoms with Crippen LogP contribution in [0.3, 0.4) is 0 Å². The number of nitrogens with zero attached hydrogens (tertiary/aromatic N) is 2.